The summed E-state index contributed by atoms with van der Waals surface area (Å²) in [6, 6.07) is 3.35. The van der Waals surface area contributed by atoms with E-state index in [2.05, 4.69) is 4.74 Å². The average Bonchev–Trinajstić information content (AvgIpc) is 2.27. The highest BCUT2D eigenvalue weighted by molar-refractivity contribution is 6.32. The molecule has 0 amide bonds. The predicted octanol–water partition coefficient (Wildman–Crippen LogP) is 2.95. The van der Waals surface area contributed by atoms with Gasteiger partial charge in [-0.2, -0.15) is 18.4 Å². The van der Waals surface area contributed by atoms with Crippen LogP contribution >= 0.6 is 11.6 Å². The largest absolute Gasteiger partial charge is 0.469 e. The van der Waals surface area contributed by atoms with Gasteiger partial charge in [0.25, 0.3) is 0 Å². The number of rotatable bonds is 2. The van der Waals surface area contributed by atoms with Crippen LogP contribution in [-0.4, -0.2) is 13.1 Å². The first-order chi connectivity index (χ1) is 8.31. The molecule has 0 saturated heterocycles. The minimum Gasteiger partial charge on any atom is -0.469 e. The summed E-state index contributed by atoms with van der Waals surface area (Å²) in [6.45, 7) is 0. The lowest BCUT2D eigenvalue weighted by Crippen LogP contribution is -2.10. The first-order valence-electron chi connectivity index (χ1n) is 4.66. The van der Waals surface area contributed by atoms with Crippen molar-refractivity contribution in [3.63, 3.8) is 0 Å². The van der Waals surface area contributed by atoms with Gasteiger partial charge in [-0.05, 0) is 11.6 Å². The molecule has 1 rings (SSSR count). The molecule has 0 bridgehead atoms. The number of nitrogens with zero attached hydrogens (tertiary/aromatic N) is 1. The van der Waals surface area contributed by atoms with Gasteiger partial charge in [-0.3, -0.25) is 4.79 Å². The van der Waals surface area contributed by atoms with Crippen LogP contribution < -0.4 is 0 Å². The van der Waals surface area contributed by atoms with Crippen molar-refractivity contribution in [1.29, 1.82) is 5.26 Å². The van der Waals surface area contributed by atoms with Gasteiger partial charge in [0, 0.05) is 0 Å². The van der Waals surface area contributed by atoms with Gasteiger partial charge in [-0.1, -0.05) is 17.7 Å². The standard InChI is InChI=1S/C11H7ClF3NO2/c1-18-9(17)4-6-2-3-8(11(13,14)15)10(12)7(6)5-16/h2-3H,4H2,1H3. The Morgan fingerprint density at radius 1 is 1.50 bits per heavy atom. The molecule has 0 atom stereocenters. The minimum absolute atomic E-state index is 0.0994. The van der Waals surface area contributed by atoms with E-state index in [-0.39, 0.29) is 17.5 Å². The van der Waals surface area contributed by atoms with E-state index in [1.807, 2.05) is 0 Å². The van der Waals surface area contributed by atoms with E-state index < -0.39 is 22.7 Å². The molecular formula is C11H7ClF3NO2. The lowest BCUT2D eigenvalue weighted by atomic mass is 10.0. The second-order valence-electron chi connectivity index (χ2n) is 3.32. The number of alkyl halides is 3. The molecule has 0 spiro atoms. The number of hydrogen-bond donors (Lipinski definition) is 0. The molecule has 0 saturated carbocycles. The Bertz CT molecular complexity index is 520. The fraction of sp³-hybridized carbons (Fsp3) is 0.273. The third-order valence-electron chi connectivity index (χ3n) is 2.21. The lowest BCUT2D eigenvalue weighted by Gasteiger charge is -2.12. The Morgan fingerprint density at radius 2 is 2.11 bits per heavy atom. The summed E-state index contributed by atoms with van der Waals surface area (Å²) in [5.74, 6) is -0.665. The first kappa shape index (κ1) is 14.3. The van der Waals surface area contributed by atoms with Gasteiger partial charge in [0.2, 0.25) is 0 Å². The summed E-state index contributed by atoms with van der Waals surface area (Å²) >= 11 is 5.53. The van der Waals surface area contributed by atoms with Crippen LogP contribution in [0.2, 0.25) is 5.02 Å². The number of methoxy groups -OCH3 is 1. The van der Waals surface area contributed by atoms with Crippen molar-refractivity contribution in [2.45, 2.75) is 12.6 Å². The molecule has 0 N–H and O–H groups in total. The molecule has 0 unspecified atom stereocenters. The Kier molecular flexibility index (Phi) is 4.19. The maximum Gasteiger partial charge on any atom is 0.417 e. The highest BCUT2D eigenvalue weighted by Crippen LogP contribution is 2.37. The maximum absolute atomic E-state index is 12.5. The summed E-state index contributed by atoms with van der Waals surface area (Å²) in [5, 5.41) is 8.12. The topological polar surface area (TPSA) is 50.1 Å². The van der Waals surface area contributed by atoms with E-state index in [0.717, 1.165) is 19.2 Å². The molecule has 96 valence electrons. The van der Waals surface area contributed by atoms with Crippen molar-refractivity contribution in [1.82, 2.24) is 0 Å². The van der Waals surface area contributed by atoms with E-state index in [1.54, 1.807) is 6.07 Å². The van der Waals surface area contributed by atoms with Crippen molar-refractivity contribution < 1.29 is 22.7 Å². The van der Waals surface area contributed by atoms with E-state index >= 15 is 0 Å². The van der Waals surface area contributed by atoms with Crippen LogP contribution in [0.3, 0.4) is 0 Å². The first-order valence-corrected chi connectivity index (χ1v) is 5.04. The van der Waals surface area contributed by atoms with Crippen LogP contribution in [0.5, 0.6) is 0 Å². The zero-order chi connectivity index (χ0) is 13.9. The van der Waals surface area contributed by atoms with Crippen molar-refractivity contribution >= 4 is 17.6 Å². The Labute approximate surface area is 106 Å². The summed E-state index contributed by atoms with van der Waals surface area (Å²) in [6.07, 6.45) is -4.95. The monoisotopic (exact) mass is 277 g/mol. The van der Waals surface area contributed by atoms with Crippen LogP contribution in [0.4, 0.5) is 13.2 Å². The van der Waals surface area contributed by atoms with Crippen molar-refractivity contribution in [3.8, 4) is 6.07 Å². The molecule has 0 fully saturated rings. The average molecular weight is 278 g/mol. The fourth-order valence-electron chi connectivity index (χ4n) is 1.33. The number of nitriles is 1. The molecule has 3 nitrogen and oxygen atoms in total. The SMILES string of the molecule is COC(=O)Cc1ccc(C(F)(F)F)c(Cl)c1C#N. The number of ether oxygens (including phenoxy) is 1. The van der Waals surface area contributed by atoms with E-state index in [9.17, 15) is 18.0 Å². The number of hydrogen-bond acceptors (Lipinski definition) is 3. The summed E-state index contributed by atoms with van der Waals surface area (Å²) in [4.78, 5) is 11.0. The third kappa shape index (κ3) is 2.93. The van der Waals surface area contributed by atoms with Crippen molar-refractivity contribution in [3.05, 3.63) is 33.8 Å². The predicted molar refractivity (Wildman–Crippen MR) is 56.9 cm³/mol. The normalized spacial score (nSPS) is 10.9. The number of halogens is 4. The Morgan fingerprint density at radius 3 is 2.56 bits per heavy atom. The van der Waals surface area contributed by atoms with Crippen LogP contribution in [-0.2, 0) is 22.1 Å². The Balaban J connectivity index is 3.31. The van der Waals surface area contributed by atoms with Gasteiger partial charge in [0.05, 0.1) is 29.7 Å². The molecule has 0 heterocycles. The van der Waals surface area contributed by atoms with Crippen LogP contribution in [0.25, 0.3) is 0 Å². The van der Waals surface area contributed by atoms with E-state index in [0.29, 0.717) is 0 Å². The second-order valence-corrected chi connectivity index (χ2v) is 3.70. The van der Waals surface area contributed by atoms with Gasteiger partial charge in [-0.15, -0.1) is 0 Å². The quantitative estimate of drug-likeness (QED) is 0.781. The van der Waals surface area contributed by atoms with Gasteiger partial charge in [0.1, 0.15) is 6.07 Å². The van der Waals surface area contributed by atoms with Crippen LogP contribution in [0.1, 0.15) is 16.7 Å². The molecule has 0 aliphatic heterocycles. The molecule has 0 aromatic heterocycles. The number of carbonyl (C=O) groups excluding carboxylic acids is 1. The lowest BCUT2D eigenvalue weighted by molar-refractivity contribution is -0.139. The number of benzene rings is 1. The number of carbonyl (C=O) groups is 1. The highest BCUT2D eigenvalue weighted by atomic mass is 35.5. The fourth-order valence-corrected chi connectivity index (χ4v) is 1.66. The van der Waals surface area contributed by atoms with Crippen LogP contribution in [0.15, 0.2) is 12.1 Å². The third-order valence-corrected chi connectivity index (χ3v) is 2.60. The zero-order valence-electron chi connectivity index (χ0n) is 9.14. The van der Waals surface area contributed by atoms with Gasteiger partial charge < -0.3 is 4.74 Å². The molecule has 18 heavy (non-hydrogen) atoms. The smallest absolute Gasteiger partial charge is 0.417 e. The molecule has 1 aromatic rings. The van der Waals surface area contributed by atoms with Crippen LogP contribution in [0, 0.1) is 11.3 Å². The van der Waals surface area contributed by atoms with Crippen molar-refractivity contribution in [2.75, 3.05) is 7.11 Å². The zero-order valence-corrected chi connectivity index (χ0v) is 9.89. The molecule has 0 aliphatic rings. The molecule has 1 aromatic carbocycles. The second kappa shape index (κ2) is 5.27. The van der Waals surface area contributed by atoms with E-state index in [4.69, 9.17) is 16.9 Å². The summed E-state index contributed by atoms with van der Waals surface area (Å²) in [5.41, 5.74) is -1.37. The maximum atomic E-state index is 12.5. The van der Waals surface area contributed by atoms with Gasteiger partial charge >= 0.3 is 12.1 Å². The van der Waals surface area contributed by atoms with Gasteiger partial charge in [-0.25, -0.2) is 0 Å². The molecular weight excluding hydrogens is 271 g/mol. The minimum atomic E-state index is -4.65. The van der Waals surface area contributed by atoms with Crippen molar-refractivity contribution in [2.24, 2.45) is 0 Å². The highest BCUT2D eigenvalue weighted by Gasteiger charge is 2.34. The number of esters is 1. The molecule has 7 heteroatoms. The summed E-state index contributed by atoms with van der Waals surface area (Å²) in [7, 11) is 1.14. The summed E-state index contributed by atoms with van der Waals surface area (Å²) < 4.78 is 42.0. The molecule has 0 radical (unpaired) electrons. The Hall–Kier alpha value is -1.74. The molecule has 0 aliphatic carbocycles. The van der Waals surface area contributed by atoms with Gasteiger partial charge in [0.15, 0.2) is 0 Å². The van der Waals surface area contributed by atoms with E-state index in [1.165, 1.54) is 0 Å².